The zero-order chi connectivity index (χ0) is 20.0. The number of aliphatic hydroxyl groups excluding tert-OH is 1. The lowest BCUT2D eigenvalue weighted by atomic mass is 10.3. The highest BCUT2D eigenvalue weighted by Gasteiger charge is 2.29. The van der Waals surface area contributed by atoms with Crippen LogP contribution in [-0.2, 0) is 10.0 Å². The summed E-state index contributed by atoms with van der Waals surface area (Å²) < 4.78 is 37.7. The van der Waals surface area contributed by atoms with Gasteiger partial charge in [0, 0.05) is 32.7 Å². The largest absolute Gasteiger partial charge is 0.497 e. The second-order valence-corrected chi connectivity index (χ2v) is 8.60. The van der Waals surface area contributed by atoms with Gasteiger partial charge >= 0.3 is 0 Å². The molecular weight excluding hydrogens is 380 g/mol. The first-order chi connectivity index (χ1) is 13.5. The molecule has 0 spiro atoms. The minimum absolute atomic E-state index is 0.203. The molecule has 1 fully saturated rings. The van der Waals surface area contributed by atoms with Crippen molar-refractivity contribution in [1.82, 2.24) is 9.21 Å². The standard InChI is InChI=1S/C20H26N2O5S/c1-26-18-7-9-20(10-8-18)28(24,25)22-13-11-21(12-14-22)15-17(23)16-27-19-5-3-2-4-6-19/h2-10,17,23H,11-16H2,1H3/t17-/m0/s1. The Balaban J connectivity index is 1.48. The first kappa shape index (κ1) is 20.6. The van der Waals surface area contributed by atoms with E-state index in [9.17, 15) is 13.5 Å². The van der Waals surface area contributed by atoms with E-state index < -0.39 is 16.1 Å². The fourth-order valence-corrected chi connectivity index (χ4v) is 4.53. The van der Waals surface area contributed by atoms with Crippen molar-refractivity contribution in [2.45, 2.75) is 11.0 Å². The van der Waals surface area contributed by atoms with Crippen molar-refractivity contribution in [2.24, 2.45) is 0 Å². The Kier molecular flexibility index (Phi) is 6.90. The maximum absolute atomic E-state index is 12.8. The zero-order valence-electron chi connectivity index (χ0n) is 15.9. The van der Waals surface area contributed by atoms with Crippen LogP contribution in [0.3, 0.4) is 0 Å². The number of piperazine rings is 1. The summed E-state index contributed by atoms with van der Waals surface area (Å²) in [6, 6.07) is 15.8. The zero-order valence-corrected chi connectivity index (χ0v) is 16.7. The summed E-state index contributed by atoms with van der Waals surface area (Å²) >= 11 is 0. The molecule has 1 atom stereocenters. The van der Waals surface area contributed by atoms with Gasteiger partial charge in [0.15, 0.2) is 0 Å². The number of para-hydroxylation sites is 1. The second-order valence-electron chi connectivity index (χ2n) is 6.66. The molecule has 152 valence electrons. The Bertz CT molecular complexity index is 835. The van der Waals surface area contributed by atoms with Gasteiger partial charge in [-0.05, 0) is 36.4 Å². The highest BCUT2D eigenvalue weighted by molar-refractivity contribution is 7.89. The van der Waals surface area contributed by atoms with Gasteiger partial charge < -0.3 is 14.6 Å². The van der Waals surface area contributed by atoms with Crippen LogP contribution < -0.4 is 9.47 Å². The number of aliphatic hydroxyl groups is 1. The van der Waals surface area contributed by atoms with Crippen molar-refractivity contribution in [3.05, 3.63) is 54.6 Å². The molecule has 0 aliphatic carbocycles. The molecule has 0 saturated carbocycles. The number of benzene rings is 2. The van der Waals surface area contributed by atoms with Gasteiger partial charge in [0.1, 0.15) is 24.2 Å². The van der Waals surface area contributed by atoms with E-state index in [-0.39, 0.29) is 11.5 Å². The lowest BCUT2D eigenvalue weighted by molar-refractivity contribution is 0.0569. The first-order valence-electron chi connectivity index (χ1n) is 9.21. The summed E-state index contributed by atoms with van der Waals surface area (Å²) in [5.41, 5.74) is 0. The number of hydrogen-bond acceptors (Lipinski definition) is 6. The first-order valence-corrected chi connectivity index (χ1v) is 10.7. The highest BCUT2D eigenvalue weighted by Crippen LogP contribution is 2.20. The summed E-state index contributed by atoms with van der Waals surface area (Å²) in [5, 5.41) is 10.2. The van der Waals surface area contributed by atoms with E-state index in [0.717, 1.165) is 5.75 Å². The monoisotopic (exact) mass is 406 g/mol. The molecule has 1 heterocycles. The Morgan fingerprint density at radius 1 is 0.964 bits per heavy atom. The molecule has 0 bridgehead atoms. The molecule has 8 heteroatoms. The maximum atomic E-state index is 12.8. The predicted octanol–water partition coefficient (Wildman–Crippen LogP) is 1.44. The number of sulfonamides is 1. The lowest BCUT2D eigenvalue weighted by Crippen LogP contribution is -2.50. The van der Waals surface area contributed by atoms with Crippen LogP contribution in [0.25, 0.3) is 0 Å². The Morgan fingerprint density at radius 2 is 1.61 bits per heavy atom. The normalized spacial score (nSPS) is 17.2. The van der Waals surface area contributed by atoms with Gasteiger partial charge in [-0.3, -0.25) is 4.90 Å². The topological polar surface area (TPSA) is 79.3 Å². The molecular formula is C20H26N2O5S. The minimum Gasteiger partial charge on any atom is -0.497 e. The molecule has 7 nitrogen and oxygen atoms in total. The van der Waals surface area contributed by atoms with Crippen molar-refractivity contribution in [3.63, 3.8) is 0 Å². The molecule has 1 N–H and O–H groups in total. The van der Waals surface area contributed by atoms with E-state index in [0.29, 0.717) is 38.5 Å². The molecule has 3 rings (SSSR count). The van der Waals surface area contributed by atoms with Crippen LogP contribution >= 0.6 is 0 Å². The van der Waals surface area contributed by atoms with Gasteiger partial charge in [0.25, 0.3) is 0 Å². The average Bonchev–Trinajstić information content (AvgIpc) is 2.73. The van der Waals surface area contributed by atoms with Crippen molar-refractivity contribution in [3.8, 4) is 11.5 Å². The van der Waals surface area contributed by atoms with Gasteiger partial charge in [-0.25, -0.2) is 8.42 Å². The van der Waals surface area contributed by atoms with Crippen molar-refractivity contribution in [2.75, 3.05) is 46.4 Å². The fraction of sp³-hybridized carbons (Fsp3) is 0.400. The third-order valence-corrected chi connectivity index (χ3v) is 6.60. The number of hydrogen-bond donors (Lipinski definition) is 1. The summed E-state index contributed by atoms with van der Waals surface area (Å²) in [7, 11) is -1.98. The highest BCUT2D eigenvalue weighted by atomic mass is 32.2. The van der Waals surface area contributed by atoms with Crippen LogP contribution in [0, 0.1) is 0 Å². The van der Waals surface area contributed by atoms with Crippen LogP contribution in [0.4, 0.5) is 0 Å². The van der Waals surface area contributed by atoms with Crippen LogP contribution in [0.2, 0.25) is 0 Å². The lowest BCUT2D eigenvalue weighted by Gasteiger charge is -2.34. The van der Waals surface area contributed by atoms with Gasteiger partial charge in [-0.1, -0.05) is 18.2 Å². The van der Waals surface area contributed by atoms with Crippen molar-refractivity contribution in [1.29, 1.82) is 0 Å². The minimum atomic E-state index is -3.52. The summed E-state index contributed by atoms with van der Waals surface area (Å²) in [6.07, 6.45) is -0.634. The van der Waals surface area contributed by atoms with E-state index >= 15 is 0 Å². The summed E-state index contributed by atoms with van der Waals surface area (Å²) in [5.74, 6) is 1.34. The van der Waals surface area contributed by atoms with Gasteiger partial charge in [-0.15, -0.1) is 0 Å². The number of nitrogens with zero attached hydrogens (tertiary/aromatic N) is 2. The van der Waals surface area contributed by atoms with E-state index in [1.807, 2.05) is 30.3 Å². The fourth-order valence-electron chi connectivity index (χ4n) is 3.11. The molecule has 1 aliphatic rings. The number of β-amino-alcohol motifs (C(OH)–C–C–N with tert-alkyl or cyclic N) is 1. The Hall–Kier alpha value is -2.13. The van der Waals surface area contributed by atoms with Crippen LogP contribution in [0.5, 0.6) is 11.5 Å². The third-order valence-electron chi connectivity index (χ3n) is 4.68. The summed E-state index contributed by atoms with van der Waals surface area (Å²) in [6.45, 7) is 2.56. The number of ether oxygens (including phenoxy) is 2. The smallest absolute Gasteiger partial charge is 0.243 e. The van der Waals surface area contributed by atoms with E-state index in [1.165, 1.54) is 4.31 Å². The number of methoxy groups -OCH3 is 1. The van der Waals surface area contributed by atoms with Gasteiger partial charge in [-0.2, -0.15) is 4.31 Å². The molecule has 2 aromatic carbocycles. The predicted molar refractivity (Wildman–Crippen MR) is 106 cm³/mol. The molecule has 1 saturated heterocycles. The van der Waals surface area contributed by atoms with Crippen LogP contribution in [0.1, 0.15) is 0 Å². The number of rotatable bonds is 8. The molecule has 0 radical (unpaired) electrons. The molecule has 1 aliphatic heterocycles. The summed E-state index contributed by atoms with van der Waals surface area (Å²) in [4.78, 5) is 2.32. The quantitative estimate of drug-likeness (QED) is 0.715. The van der Waals surface area contributed by atoms with Crippen LogP contribution in [-0.4, -0.2) is 75.3 Å². The Morgan fingerprint density at radius 3 is 2.21 bits per heavy atom. The van der Waals surface area contributed by atoms with E-state index in [4.69, 9.17) is 9.47 Å². The average molecular weight is 407 g/mol. The Labute approximate surface area is 166 Å². The molecule has 2 aromatic rings. The van der Waals surface area contributed by atoms with E-state index in [1.54, 1.807) is 31.4 Å². The second kappa shape index (κ2) is 9.38. The van der Waals surface area contributed by atoms with Crippen molar-refractivity contribution < 1.29 is 23.0 Å². The molecule has 0 amide bonds. The molecule has 0 aromatic heterocycles. The van der Waals surface area contributed by atoms with Gasteiger partial charge in [0.2, 0.25) is 10.0 Å². The van der Waals surface area contributed by atoms with Crippen LogP contribution in [0.15, 0.2) is 59.5 Å². The van der Waals surface area contributed by atoms with Gasteiger partial charge in [0.05, 0.1) is 12.0 Å². The third kappa shape index (κ3) is 5.23. The van der Waals surface area contributed by atoms with Crippen molar-refractivity contribution >= 4 is 10.0 Å². The molecule has 28 heavy (non-hydrogen) atoms. The maximum Gasteiger partial charge on any atom is 0.243 e. The SMILES string of the molecule is COc1ccc(S(=O)(=O)N2CCN(C[C@H](O)COc3ccccc3)CC2)cc1. The molecule has 0 unspecified atom stereocenters. The van der Waals surface area contributed by atoms with E-state index in [2.05, 4.69) is 4.90 Å².